The van der Waals surface area contributed by atoms with E-state index in [2.05, 4.69) is 19.2 Å². The molecule has 0 saturated carbocycles. The topological polar surface area (TPSA) is 41.6 Å². The number of morpholine rings is 1. The van der Waals surface area contributed by atoms with Crippen LogP contribution < -0.4 is 5.32 Å². The van der Waals surface area contributed by atoms with Gasteiger partial charge in [0, 0.05) is 25.7 Å². The molecule has 94 valence electrons. The van der Waals surface area contributed by atoms with Crippen LogP contribution in [0.2, 0.25) is 0 Å². The average molecular weight is 249 g/mol. The van der Waals surface area contributed by atoms with E-state index in [0.717, 1.165) is 19.5 Å². The quantitative estimate of drug-likeness (QED) is 0.741. The van der Waals surface area contributed by atoms with Crippen LogP contribution in [0.1, 0.15) is 20.3 Å². The van der Waals surface area contributed by atoms with E-state index in [9.17, 15) is 4.79 Å². The average Bonchev–Trinajstić information content (AvgIpc) is 2.60. The van der Waals surface area contributed by atoms with E-state index in [1.54, 1.807) is 0 Å². The van der Waals surface area contributed by atoms with Crippen LogP contribution in [-0.2, 0) is 9.53 Å². The number of rotatable bonds is 1. The van der Waals surface area contributed by atoms with Crippen molar-refractivity contribution in [3.05, 3.63) is 0 Å². The molecule has 0 aromatic carbocycles. The molecule has 1 N–H and O–H groups in total. The van der Waals surface area contributed by atoms with Crippen LogP contribution in [0.25, 0.3) is 0 Å². The zero-order chi connectivity index (χ0) is 10.8. The van der Waals surface area contributed by atoms with Gasteiger partial charge in [0.25, 0.3) is 5.91 Å². The Labute approximate surface area is 103 Å². The minimum atomic E-state index is -0.258. The Bertz CT molecular complexity index is 244. The van der Waals surface area contributed by atoms with Gasteiger partial charge in [0.05, 0.1) is 6.61 Å². The Hall–Kier alpha value is -0.320. The standard InChI is InChI=1S/C11H20N2O2.ClH/c1-8-3-5-13(9(8)2)11(14)10-7-12-4-6-15-10;/h8-10,12H,3-7H2,1-2H3;1H/t8?,9?,10-;/m1./s1. The number of carbonyl (C=O) groups excluding carboxylic acids is 1. The van der Waals surface area contributed by atoms with Gasteiger partial charge < -0.3 is 15.0 Å². The number of likely N-dealkylation sites (tertiary alicyclic amines) is 1. The molecule has 5 heteroatoms. The Balaban J connectivity index is 0.00000128. The number of halogens is 1. The van der Waals surface area contributed by atoms with E-state index in [-0.39, 0.29) is 24.4 Å². The number of nitrogens with one attached hydrogen (secondary N) is 1. The molecule has 1 amide bonds. The van der Waals surface area contributed by atoms with E-state index in [1.165, 1.54) is 0 Å². The van der Waals surface area contributed by atoms with Gasteiger partial charge in [-0.1, -0.05) is 6.92 Å². The monoisotopic (exact) mass is 248 g/mol. The second-order valence-corrected chi connectivity index (χ2v) is 4.60. The highest BCUT2D eigenvalue weighted by molar-refractivity contribution is 5.85. The molecule has 2 aliphatic heterocycles. The molecular formula is C11H21ClN2O2. The second kappa shape index (κ2) is 5.84. The van der Waals surface area contributed by atoms with Crippen molar-refractivity contribution in [3.63, 3.8) is 0 Å². The Morgan fingerprint density at radius 2 is 2.19 bits per heavy atom. The van der Waals surface area contributed by atoms with Gasteiger partial charge >= 0.3 is 0 Å². The summed E-state index contributed by atoms with van der Waals surface area (Å²) in [5, 5.41) is 3.19. The van der Waals surface area contributed by atoms with Gasteiger partial charge in [-0.2, -0.15) is 0 Å². The minimum Gasteiger partial charge on any atom is -0.366 e. The van der Waals surface area contributed by atoms with Crippen LogP contribution in [-0.4, -0.2) is 49.2 Å². The highest BCUT2D eigenvalue weighted by Gasteiger charge is 2.35. The highest BCUT2D eigenvalue weighted by atomic mass is 35.5. The number of carbonyl (C=O) groups is 1. The van der Waals surface area contributed by atoms with Crippen molar-refractivity contribution >= 4 is 18.3 Å². The molecule has 2 aliphatic rings. The third-order valence-corrected chi connectivity index (χ3v) is 3.63. The molecule has 2 heterocycles. The first-order valence-corrected chi connectivity index (χ1v) is 5.83. The number of nitrogens with zero attached hydrogens (tertiary/aromatic N) is 1. The maximum Gasteiger partial charge on any atom is 0.253 e. The molecule has 2 unspecified atom stereocenters. The van der Waals surface area contributed by atoms with Crippen molar-refractivity contribution in [3.8, 4) is 0 Å². The SMILES string of the molecule is CC1CCN(C(=O)[C@H]2CNCCO2)C1C.Cl. The molecule has 4 nitrogen and oxygen atoms in total. The fourth-order valence-corrected chi connectivity index (χ4v) is 2.31. The van der Waals surface area contributed by atoms with Crippen LogP contribution in [0.3, 0.4) is 0 Å². The summed E-state index contributed by atoms with van der Waals surface area (Å²) in [5.74, 6) is 0.782. The Morgan fingerprint density at radius 1 is 1.44 bits per heavy atom. The van der Waals surface area contributed by atoms with Crippen LogP contribution in [0.5, 0.6) is 0 Å². The van der Waals surface area contributed by atoms with E-state index in [1.807, 2.05) is 4.90 Å². The number of amides is 1. The zero-order valence-electron chi connectivity index (χ0n) is 9.94. The van der Waals surface area contributed by atoms with Crippen molar-refractivity contribution < 1.29 is 9.53 Å². The second-order valence-electron chi connectivity index (χ2n) is 4.60. The molecule has 0 radical (unpaired) electrons. The molecule has 3 atom stereocenters. The molecule has 0 aromatic heterocycles. The van der Waals surface area contributed by atoms with Gasteiger partial charge in [-0.05, 0) is 19.3 Å². The van der Waals surface area contributed by atoms with Crippen LogP contribution in [0, 0.1) is 5.92 Å². The first-order valence-electron chi connectivity index (χ1n) is 5.83. The van der Waals surface area contributed by atoms with E-state index < -0.39 is 0 Å². The normalized spacial score (nSPS) is 34.6. The molecule has 0 spiro atoms. The molecule has 0 aromatic rings. The van der Waals surface area contributed by atoms with Crippen LogP contribution in [0.4, 0.5) is 0 Å². The van der Waals surface area contributed by atoms with E-state index >= 15 is 0 Å². The van der Waals surface area contributed by atoms with Crippen molar-refractivity contribution in [1.29, 1.82) is 0 Å². The van der Waals surface area contributed by atoms with Crippen molar-refractivity contribution in [1.82, 2.24) is 10.2 Å². The highest BCUT2D eigenvalue weighted by Crippen LogP contribution is 2.24. The summed E-state index contributed by atoms with van der Waals surface area (Å²) in [7, 11) is 0. The summed E-state index contributed by atoms with van der Waals surface area (Å²) < 4.78 is 5.48. The van der Waals surface area contributed by atoms with Gasteiger partial charge in [-0.15, -0.1) is 12.4 Å². The molecule has 0 bridgehead atoms. The van der Waals surface area contributed by atoms with Gasteiger partial charge in [0.1, 0.15) is 6.10 Å². The molecule has 0 aliphatic carbocycles. The lowest BCUT2D eigenvalue weighted by molar-refractivity contribution is -0.146. The summed E-state index contributed by atoms with van der Waals surface area (Å²) in [6.45, 7) is 7.39. The largest absolute Gasteiger partial charge is 0.366 e. The Kier molecular flexibility index (Phi) is 5.02. The summed E-state index contributed by atoms with van der Waals surface area (Å²) in [4.78, 5) is 14.1. The third-order valence-electron chi connectivity index (χ3n) is 3.63. The first kappa shape index (κ1) is 13.7. The lowest BCUT2D eigenvalue weighted by Gasteiger charge is -2.30. The third kappa shape index (κ3) is 2.67. The summed E-state index contributed by atoms with van der Waals surface area (Å²) in [5.41, 5.74) is 0. The van der Waals surface area contributed by atoms with Crippen LogP contribution in [0.15, 0.2) is 0 Å². The number of hydrogen-bond acceptors (Lipinski definition) is 3. The summed E-state index contributed by atoms with van der Waals surface area (Å²) in [6, 6.07) is 0.364. The van der Waals surface area contributed by atoms with Crippen LogP contribution >= 0.6 is 12.4 Å². The maximum absolute atomic E-state index is 12.1. The van der Waals surface area contributed by atoms with Crippen molar-refractivity contribution in [2.75, 3.05) is 26.2 Å². The zero-order valence-corrected chi connectivity index (χ0v) is 10.8. The lowest BCUT2D eigenvalue weighted by atomic mass is 10.1. The lowest BCUT2D eigenvalue weighted by Crippen LogP contribution is -2.50. The van der Waals surface area contributed by atoms with Crippen molar-refractivity contribution in [2.45, 2.75) is 32.4 Å². The van der Waals surface area contributed by atoms with Crippen molar-refractivity contribution in [2.24, 2.45) is 5.92 Å². The Morgan fingerprint density at radius 3 is 2.69 bits per heavy atom. The summed E-state index contributed by atoms with van der Waals surface area (Å²) in [6.07, 6.45) is 0.860. The fourth-order valence-electron chi connectivity index (χ4n) is 2.31. The molecule has 2 saturated heterocycles. The number of ether oxygens (including phenoxy) is 1. The molecule has 2 fully saturated rings. The predicted octanol–water partition coefficient (Wildman–Crippen LogP) is 0.653. The van der Waals surface area contributed by atoms with Gasteiger partial charge in [0.2, 0.25) is 0 Å². The number of hydrogen-bond donors (Lipinski definition) is 1. The minimum absolute atomic E-state index is 0. The smallest absolute Gasteiger partial charge is 0.253 e. The van der Waals surface area contributed by atoms with E-state index in [0.29, 0.717) is 25.1 Å². The first-order chi connectivity index (χ1) is 7.20. The van der Waals surface area contributed by atoms with E-state index in [4.69, 9.17) is 4.74 Å². The van der Waals surface area contributed by atoms with Gasteiger partial charge in [-0.25, -0.2) is 0 Å². The fraction of sp³-hybridized carbons (Fsp3) is 0.909. The molecule has 2 rings (SSSR count). The van der Waals surface area contributed by atoms with Gasteiger partial charge in [-0.3, -0.25) is 4.79 Å². The van der Waals surface area contributed by atoms with Gasteiger partial charge in [0.15, 0.2) is 0 Å². The maximum atomic E-state index is 12.1. The predicted molar refractivity (Wildman–Crippen MR) is 64.8 cm³/mol. The summed E-state index contributed by atoms with van der Waals surface area (Å²) >= 11 is 0. The molecular weight excluding hydrogens is 228 g/mol. The molecule has 16 heavy (non-hydrogen) atoms.